The van der Waals surface area contributed by atoms with Crippen LogP contribution in [0.1, 0.15) is 30.1 Å². The fourth-order valence-corrected chi connectivity index (χ4v) is 3.22. The Morgan fingerprint density at radius 2 is 1.67 bits per heavy atom. The molecule has 5 heteroatoms. The minimum absolute atomic E-state index is 0.0243. The van der Waals surface area contributed by atoms with Crippen LogP contribution in [0.2, 0.25) is 0 Å². The summed E-state index contributed by atoms with van der Waals surface area (Å²) in [6.07, 6.45) is 2.14. The van der Waals surface area contributed by atoms with Crippen LogP contribution in [-0.4, -0.2) is 43.4 Å². The van der Waals surface area contributed by atoms with Crippen molar-refractivity contribution in [2.24, 2.45) is 5.92 Å². The second-order valence-electron chi connectivity index (χ2n) is 7.19. The molecule has 5 nitrogen and oxygen atoms in total. The number of nitrogens with one attached hydrogen (secondary N) is 1. The molecule has 27 heavy (non-hydrogen) atoms. The largest absolute Gasteiger partial charge is 0.376 e. The van der Waals surface area contributed by atoms with Gasteiger partial charge in [0.15, 0.2) is 0 Å². The highest BCUT2D eigenvalue weighted by Gasteiger charge is 2.21. The highest BCUT2D eigenvalue weighted by Crippen LogP contribution is 2.19. The minimum Gasteiger partial charge on any atom is -0.376 e. The maximum Gasteiger partial charge on any atom is 0.253 e. The first kappa shape index (κ1) is 19.0. The number of likely N-dealkylation sites (N-methyl/N-ethyl adjacent to an activating group) is 1. The summed E-state index contributed by atoms with van der Waals surface area (Å²) in [6, 6.07) is 16.9. The third-order valence-corrected chi connectivity index (χ3v) is 5.16. The molecular formula is C22H27N3O2. The quantitative estimate of drug-likeness (QED) is 0.880. The van der Waals surface area contributed by atoms with Crippen molar-refractivity contribution in [1.29, 1.82) is 0 Å². The standard InChI is InChI=1S/C22H27N3O2/c1-17-12-14-25(15-13-17)22(27)18-8-10-19(11-9-18)23-16-21(26)24(2)20-6-4-3-5-7-20/h3-11,17,23H,12-16H2,1-2H3. The average Bonchev–Trinajstić information content (AvgIpc) is 2.72. The van der Waals surface area contributed by atoms with Gasteiger partial charge in [-0.25, -0.2) is 0 Å². The number of piperidine rings is 1. The van der Waals surface area contributed by atoms with Crippen LogP contribution in [-0.2, 0) is 4.79 Å². The van der Waals surface area contributed by atoms with Gasteiger partial charge >= 0.3 is 0 Å². The summed E-state index contributed by atoms with van der Waals surface area (Å²) >= 11 is 0. The van der Waals surface area contributed by atoms with E-state index in [-0.39, 0.29) is 18.4 Å². The minimum atomic E-state index is -0.0243. The Kier molecular flexibility index (Phi) is 6.12. The van der Waals surface area contributed by atoms with Crippen LogP contribution >= 0.6 is 0 Å². The number of carbonyl (C=O) groups excluding carboxylic acids is 2. The van der Waals surface area contributed by atoms with Crippen LogP contribution in [0.3, 0.4) is 0 Å². The number of anilines is 2. The Morgan fingerprint density at radius 1 is 1.04 bits per heavy atom. The van der Waals surface area contributed by atoms with Crippen LogP contribution in [0.4, 0.5) is 11.4 Å². The van der Waals surface area contributed by atoms with Crippen molar-refractivity contribution in [3.63, 3.8) is 0 Å². The average molecular weight is 365 g/mol. The van der Waals surface area contributed by atoms with Crippen molar-refractivity contribution < 1.29 is 9.59 Å². The zero-order valence-electron chi connectivity index (χ0n) is 16.0. The molecule has 0 aromatic heterocycles. The van der Waals surface area contributed by atoms with E-state index < -0.39 is 0 Å². The molecule has 1 N–H and O–H groups in total. The fraction of sp³-hybridized carbons (Fsp3) is 0.364. The summed E-state index contributed by atoms with van der Waals surface area (Å²) < 4.78 is 0. The third-order valence-electron chi connectivity index (χ3n) is 5.16. The molecule has 0 atom stereocenters. The van der Waals surface area contributed by atoms with Gasteiger partial charge in [0.2, 0.25) is 5.91 Å². The third kappa shape index (κ3) is 4.88. The molecule has 0 bridgehead atoms. The maximum atomic E-state index is 12.6. The van der Waals surface area contributed by atoms with E-state index in [1.165, 1.54) is 0 Å². The van der Waals surface area contributed by atoms with Crippen molar-refractivity contribution in [2.75, 3.05) is 36.9 Å². The lowest BCUT2D eigenvalue weighted by Crippen LogP contribution is -2.37. The molecule has 2 aromatic carbocycles. The predicted molar refractivity (Wildman–Crippen MR) is 109 cm³/mol. The van der Waals surface area contributed by atoms with Gasteiger partial charge in [-0.15, -0.1) is 0 Å². The Morgan fingerprint density at radius 3 is 2.30 bits per heavy atom. The van der Waals surface area contributed by atoms with E-state index in [9.17, 15) is 9.59 Å². The van der Waals surface area contributed by atoms with E-state index in [1.807, 2.05) is 59.5 Å². The first-order valence-corrected chi connectivity index (χ1v) is 9.49. The van der Waals surface area contributed by atoms with Crippen LogP contribution in [0.5, 0.6) is 0 Å². The van der Waals surface area contributed by atoms with Gasteiger partial charge in [-0.1, -0.05) is 25.1 Å². The van der Waals surface area contributed by atoms with E-state index in [0.717, 1.165) is 37.3 Å². The molecule has 1 saturated heterocycles. The second-order valence-corrected chi connectivity index (χ2v) is 7.19. The number of para-hydroxylation sites is 1. The normalized spacial score (nSPS) is 14.7. The highest BCUT2D eigenvalue weighted by molar-refractivity contribution is 5.96. The number of likely N-dealkylation sites (tertiary alicyclic amines) is 1. The molecule has 0 spiro atoms. The fourth-order valence-electron chi connectivity index (χ4n) is 3.22. The summed E-state index contributed by atoms with van der Waals surface area (Å²) in [6.45, 7) is 4.10. The monoisotopic (exact) mass is 365 g/mol. The number of hydrogen-bond acceptors (Lipinski definition) is 3. The van der Waals surface area contributed by atoms with Gasteiger partial charge in [0.25, 0.3) is 5.91 Å². The lowest BCUT2D eigenvalue weighted by molar-refractivity contribution is -0.116. The van der Waals surface area contributed by atoms with Crippen molar-refractivity contribution in [3.05, 3.63) is 60.2 Å². The van der Waals surface area contributed by atoms with Crippen LogP contribution in [0.25, 0.3) is 0 Å². The Bertz CT molecular complexity index is 766. The van der Waals surface area contributed by atoms with E-state index >= 15 is 0 Å². The Labute approximate surface area is 161 Å². The van der Waals surface area contributed by atoms with Gasteiger partial charge in [-0.05, 0) is 55.2 Å². The molecule has 1 heterocycles. The smallest absolute Gasteiger partial charge is 0.253 e. The first-order valence-electron chi connectivity index (χ1n) is 9.49. The maximum absolute atomic E-state index is 12.6. The van der Waals surface area contributed by atoms with Crippen molar-refractivity contribution in [2.45, 2.75) is 19.8 Å². The molecule has 0 unspecified atom stereocenters. The molecule has 0 aliphatic carbocycles. The lowest BCUT2D eigenvalue weighted by Gasteiger charge is -2.30. The molecule has 2 aromatic rings. The molecule has 0 saturated carbocycles. The number of benzene rings is 2. The summed E-state index contributed by atoms with van der Waals surface area (Å²) in [5.74, 6) is 0.768. The van der Waals surface area contributed by atoms with E-state index in [0.29, 0.717) is 11.5 Å². The summed E-state index contributed by atoms with van der Waals surface area (Å²) in [5.41, 5.74) is 2.39. The number of amides is 2. The molecule has 2 amide bonds. The summed E-state index contributed by atoms with van der Waals surface area (Å²) in [7, 11) is 1.76. The predicted octanol–water partition coefficient (Wildman–Crippen LogP) is 3.63. The summed E-state index contributed by atoms with van der Waals surface area (Å²) in [4.78, 5) is 28.5. The number of carbonyl (C=O) groups is 2. The van der Waals surface area contributed by atoms with E-state index in [2.05, 4.69) is 12.2 Å². The van der Waals surface area contributed by atoms with E-state index in [4.69, 9.17) is 0 Å². The van der Waals surface area contributed by atoms with Crippen molar-refractivity contribution in [3.8, 4) is 0 Å². The number of rotatable bonds is 5. The molecule has 142 valence electrons. The second kappa shape index (κ2) is 8.71. The van der Waals surface area contributed by atoms with Gasteiger partial charge in [0.1, 0.15) is 0 Å². The van der Waals surface area contributed by atoms with Crippen LogP contribution in [0.15, 0.2) is 54.6 Å². The van der Waals surface area contributed by atoms with E-state index in [1.54, 1.807) is 11.9 Å². The first-order chi connectivity index (χ1) is 13.0. The summed E-state index contributed by atoms with van der Waals surface area (Å²) in [5, 5.41) is 3.13. The Balaban J connectivity index is 1.53. The number of hydrogen-bond donors (Lipinski definition) is 1. The number of nitrogens with zero attached hydrogens (tertiary/aromatic N) is 2. The molecule has 3 rings (SSSR count). The molecular weight excluding hydrogens is 338 g/mol. The van der Waals surface area contributed by atoms with Crippen molar-refractivity contribution >= 4 is 23.2 Å². The van der Waals surface area contributed by atoms with Gasteiger partial charge in [-0.3, -0.25) is 9.59 Å². The SMILES string of the molecule is CC1CCN(C(=O)c2ccc(NCC(=O)N(C)c3ccccc3)cc2)CC1. The highest BCUT2D eigenvalue weighted by atomic mass is 16.2. The van der Waals surface area contributed by atoms with Crippen LogP contribution < -0.4 is 10.2 Å². The lowest BCUT2D eigenvalue weighted by atomic mass is 9.98. The Hall–Kier alpha value is -2.82. The zero-order chi connectivity index (χ0) is 19.2. The molecule has 0 radical (unpaired) electrons. The topological polar surface area (TPSA) is 52.7 Å². The van der Waals surface area contributed by atoms with Gasteiger partial charge < -0.3 is 15.1 Å². The molecule has 1 aliphatic heterocycles. The van der Waals surface area contributed by atoms with Gasteiger partial charge in [0.05, 0.1) is 6.54 Å². The van der Waals surface area contributed by atoms with Gasteiger partial charge in [-0.2, -0.15) is 0 Å². The molecule has 1 fully saturated rings. The van der Waals surface area contributed by atoms with Crippen LogP contribution in [0, 0.1) is 5.92 Å². The molecule has 1 aliphatic rings. The van der Waals surface area contributed by atoms with Gasteiger partial charge in [0, 0.05) is 37.1 Å². The zero-order valence-corrected chi connectivity index (χ0v) is 16.0. The van der Waals surface area contributed by atoms with Crippen molar-refractivity contribution in [1.82, 2.24) is 4.90 Å².